The number of hydrogen-bond donors (Lipinski definition) is 1. The lowest BCUT2D eigenvalue weighted by Crippen LogP contribution is -2.48. The highest BCUT2D eigenvalue weighted by Crippen LogP contribution is 2.47. The minimum Gasteiger partial charge on any atom is -0.490 e. The van der Waals surface area contributed by atoms with Gasteiger partial charge >= 0.3 is 0 Å². The summed E-state index contributed by atoms with van der Waals surface area (Å²) in [5.74, 6) is 2.26. The number of amides is 1. The molecular formula is C32H33ClN2O4S2. The maximum Gasteiger partial charge on any atom is 0.264 e. The molecule has 3 aromatic carbocycles. The van der Waals surface area contributed by atoms with Crippen LogP contribution in [0.5, 0.6) is 5.75 Å². The lowest BCUT2D eigenvalue weighted by molar-refractivity contribution is -0.118. The van der Waals surface area contributed by atoms with Crippen LogP contribution in [0.4, 0.5) is 5.69 Å². The van der Waals surface area contributed by atoms with Gasteiger partial charge in [0, 0.05) is 34.2 Å². The third kappa shape index (κ3) is 5.23. The van der Waals surface area contributed by atoms with Gasteiger partial charge in [0.1, 0.15) is 5.75 Å². The van der Waals surface area contributed by atoms with Crippen molar-refractivity contribution in [2.75, 3.05) is 30.3 Å². The van der Waals surface area contributed by atoms with Crippen molar-refractivity contribution >= 4 is 45.0 Å². The first kappa shape index (κ1) is 27.2. The monoisotopic (exact) mass is 608 g/mol. The Hall–Kier alpha value is -2.68. The summed E-state index contributed by atoms with van der Waals surface area (Å²) in [6.45, 7) is 2.10. The number of ether oxygens (including phenoxy) is 1. The summed E-state index contributed by atoms with van der Waals surface area (Å²) in [4.78, 5) is 16.4. The number of fused-ring (bicyclic) bond motifs is 6. The molecule has 4 aliphatic rings. The number of anilines is 1. The lowest BCUT2D eigenvalue weighted by atomic mass is 9.69. The van der Waals surface area contributed by atoms with E-state index < -0.39 is 15.9 Å². The summed E-state index contributed by atoms with van der Waals surface area (Å²) in [5, 5.41) is 0.751. The first-order valence-corrected chi connectivity index (χ1v) is 17.2. The number of benzene rings is 3. The second-order valence-electron chi connectivity index (χ2n) is 12.0. The summed E-state index contributed by atoms with van der Waals surface area (Å²) >= 11 is 8.22. The first-order chi connectivity index (χ1) is 19.8. The van der Waals surface area contributed by atoms with Crippen LogP contribution in [0.1, 0.15) is 42.4 Å². The van der Waals surface area contributed by atoms with Crippen molar-refractivity contribution in [1.29, 1.82) is 0 Å². The maximum absolute atomic E-state index is 13.4. The van der Waals surface area contributed by atoms with E-state index in [-0.39, 0.29) is 16.7 Å². The second-order valence-corrected chi connectivity index (χ2v) is 15.2. The number of thioether (sulfide) groups is 1. The van der Waals surface area contributed by atoms with Crippen molar-refractivity contribution in [2.24, 2.45) is 11.8 Å². The van der Waals surface area contributed by atoms with Crippen molar-refractivity contribution < 1.29 is 17.9 Å². The van der Waals surface area contributed by atoms with Crippen molar-refractivity contribution in [1.82, 2.24) is 4.72 Å². The summed E-state index contributed by atoms with van der Waals surface area (Å²) in [6.07, 6.45) is 5.40. The zero-order valence-corrected chi connectivity index (χ0v) is 25.2. The number of hydrogen-bond acceptors (Lipinski definition) is 6. The normalized spacial score (nSPS) is 27.0. The summed E-state index contributed by atoms with van der Waals surface area (Å²) in [7, 11) is -4.06. The summed E-state index contributed by atoms with van der Waals surface area (Å²) in [5.41, 5.74) is 3.93. The van der Waals surface area contributed by atoms with E-state index in [1.807, 2.05) is 36.0 Å². The van der Waals surface area contributed by atoms with Crippen molar-refractivity contribution in [3.05, 3.63) is 82.4 Å². The molecule has 4 bridgehead atoms. The molecule has 0 saturated heterocycles. The molecule has 0 aromatic heterocycles. The van der Waals surface area contributed by atoms with Gasteiger partial charge in [0.15, 0.2) is 0 Å². The largest absolute Gasteiger partial charge is 0.490 e. The quantitative estimate of drug-likeness (QED) is 0.338. The molecule has 1 spiro atoms. The Bertz CT molecular complexity index is 1630. The van der Waals surface area contributed by atoms with Crippen LogP contribution in [0.15, 0.2) is 70.5 Å². The third-order valence-corrected chi connectivity index (χ3v) is 12.1. The Labute approximate surface area is 250 Å². The third-order valence-electron chi connectivity index (χ3n) is 9.32. The standard InChI is InChI=1S/C32H33ClN2O4S2/c33-25-8-10-28-22(15-25)4-2-12-32(28)19-35-17-23-6-7-24(23)18-40-26-5-1-3-21(13-26)14-31(36)34-41(37,38)27-9-11-30(39-20-32)29(35)16-27/h1,3,5,8-11,13,15-16,23-24H,2,4,6-7,12,14,17-20H2,(H,34,36)/t23?,24-,32+/m0/s1. The van der Waals surface area contributed by atoms with E-state index in [1.165, 1.54) is 17.5 Å². The molecule has 2 aliphatic heterocycles. The van der Waals surface area contributed by atoms with Gasteiger partial charge in [-0.05, 0) is 103 Å². The van der Waals surface area contributed by atoms with Gasteiger partial charge in [-0.3, -0.25) is 4.79 Å². The molecule has 2 aliphatic carbocycles. The predicted octanol–water partition coefficient (Wildman–Crippen LogP) is 5.99. The highest BCUT2D eigenvalue weighted by molar-refractivity contribution is 7.99. The Morgan fingerprint density at radius 1 is 1.05 bits per heavy atom. The molecule has 3 aromatic rings. The molecule has 1 N–H and O–H groups in total. The Morgan fingerprint density at radius 2 is 1.93 bits per heavy atom. The number of nitrogens with zero attached hydrogens (tertiary/aromatic N) is 1. The molecule has 1 amide bonds. The number of rotatable bonds is 0. The highest BCUT2D eigenvalue weighted by atomic mass is 35.5. The van der Waals surface area contributed by atoms with E-state index in [0.29, 0.717) is 24.2 Å². The Morgan fingerprint density at radius 3 is 2.78 bits per heavy atom. The van der Waals surface area contributed by atoms with Crippen molar-refractivity contribution in [3.63, 3.8) is 0 Å². The van der Waals surface area contributed by atoms with Crippen LogP contribution in [-0.2, 0) is 33.1 Å². The van der Waals surface area contributed by atoms with Crippen molar-refractivity contribution in [3.8, 4) is 5.75 Å². The average Bonchev–Trinajstić information content (AvgIpc) is 3.07. The van der Waals surface area contributed by atoms with E-state index in [0.717, 1.165) is 65.7 Å². The van der Waals surface area contributed by atoms with Crippen LogP contribution in [0.25, 0.3) is 0 Å². The molecule has 1 unspecified atom stereocenters. The zero-order valence-electron chi connectivity index (χ0n) is 22.8. The molecule has 1 fully saturated rings. The number of nitrogens with one attached hydrogen (secondary N) is 1. The molecule has 3 atom stereocenters. The van der Waals surface area contributed by atoms with Gasteiger partial charge in [-0.15, -0.1) is 11.8 Å². The van der Waals surface area contributed by atoms with Crippen LogP contribution >= 0.6 is 23.4 Å². The molecule has 7 rings (SSSR count). The van der Waals surface area contributed by atoms with Gasteiger partial charge in [-0.1, -0.05) is 29.8 Å². The maximum atomic E-state index is 13.4. The van der Waals surface area contributed by atoms with Gasteiger partial charge < -0.3 is 9.64 Å². The number of carbonyl (C=O) groups excluding carboxylic acids is 1. The van der Waals surface area contributed by atoms with Crippen molar-refractivity contribution in [2.45, 2.75) is 53.7 Å². The number of halogens is 1. The molecule has 1 saturated carbocycles. The smallest absolute Gasteiger partial charge is 0.264 e. The molecular weight excluding hydrogens is 576 g/mol. The lowest BCUT2D eigenvalue weighted by Gasteiger charge is -2.44. The Balaban J connectivity index is 1.30. The van der Waals surface area contributed by atoms with E-state index in [1.54, 1.807) is 18.2 Å². The number of sulfonamides is 1. The average molecular weight is 609 g/mol. The SMILES string of the molecule is O=C1Cc2cccc(c2)SC[C@@H]2CCC2CN2C[C@]3(CCCc4cc(Cl)ccc43)COc3ccc(cc32)S(=O)(=O)N1. The Kier molecular flexibility index (Phi) is 6.99. The van der Waals surface area contributed by atoms with Crippen LogP contribution in [-0.4, -0.2) is 39.8 Å². The number of carbonyl (C=O) groups is 1. The molecule has 0 radical (unpaired) electrons. The van der Waals surface area contributed by atoms with E-state index in [4.69, 9.17) is 16.3 Å². The van der Waals surface area contributed by atoms with Gasteiger partial charge in [-0.2, -0.15) is 0 Å². The van der Waals surface area contributed by atoms with Gasteiger partial charge in [0.2, 0.25) is 5.91 Å². The van der Waals surface area contributed by atoms with E-state index >= 15 is 0 Å². The summed E-state index contributed by atoms with van der Waals surface area (Å²) in [6, 6.07) is 19.1. The van der Waals surface area contributed by atoms with Gasteiger partial charge in [-0.25, -0.2) is 13.1 Å². The minimum absolute atomic E-state index is 0.00576. The molecule has 9 heteroatoms. The second kappa shape index (κ2) is 10.5. The van der Waals surface area contributed by atoms with E-state index in [9.17, 15) is 13.2 Å². The van der Waals surface area contributed by atoms with E-state index in [2.05, 4.69) is 27.8 Å². The minimum atomic E-state index is -4.06. The fourth-order valence-electron chi connectivity index (χ4n) is 7.02. The first-order valence-electron chi connectivity index (χ1n) is 14.4. The number of aryl methyl sites for hydroxylation is 1. The predicted molar refractivity (Wildman–Crippen MR) is 163 cm³/mol. The molecule has 6 nitrogen and oxygen atoms in total. The molecule has 41 heavy (non-hydrogen) atoms. The zero-order chi connectivity index (χ0) is 28.2. The highest BCUT2D eigenvalue weighted by Gasteiger charge is 2.43. The van der Waals surface area contributed by atoms with Crippen LogP contribution in [0, 0.1) is 11.8 Å². The molecule has 2 heterocycles. The fraction of sp³-hybridized carbons (Fsp3) is 0.406. The fourth-order valence-corrected chi connectivity index (χ4v) is 9.47. The molecule has 214 valence electrons. The van der Waals surface area contributed by atoms with Crippen LogP contribution in [0.2, 0.25) is 5.02 Å². The van der Waals surface area contributed by atoms with Crippen LogP contribution in [0.3, 0.4) is 0 Å². The van der Waals surface area contributed by atoms with Gasteiger partial charge in [0.05, 0.1) is 23.6 Å². The van der Waals surface area contributed by atoms with Crippen LogP contribution < -0.4 is 14.4 Å². The summed E-state index contributed by atoms with van der Waals surface area (Å²) < 4.78 is 35.7. The van der Waals surface area contributed by atoms with Gasteiger partial charge in [0.25, 0.3) is 10.0 Å². The topological polar surface area (TPSA) is 75.7 Å².